The average Bonchev–Trinajstić information content (AvgIpc) is 2.80. The number of hydrogen-bond donors (Lipinski definition) is 2. The molecule has 0 saturated carbocycles. The number of aryl methyl sites for hydroxylation is 1. The third-order valence-electron chi connectivity index (χ3n) is 2.50. The number of nitrogens with zero attached hydrogens (tertiary/aromatic N) is 1. The van der Waals surface area contributed by atoms with Crippen molar-refractivity contribution in [2.45, 2.75) is 13.5 Å². The molecule has 17 heavy (non-hydrogen) atoms. The lowest BCUT2D eigenvalue weighted by atomic mass is 10.2. The third kappa shape index (κ3) is 2.63. The second-order valence-corrected chi connectivity index (χ2v) is 3.85. The molecule has 1 heterocycles. The highest BCUT2D eigenvalue weighted by Gasteiger charge is 2.13. The van der Waals surface area contributed by atoms with Gasteiger partial charge < -0.3 is 10.3 Å². The van der Waals surface area contributed by atoms with Crippen LogP contribution in [0.15, 0.2) is 36.7 Å². The molecule has 2 N–H and O–H groups in total. The zero-order valence-electron chi connectivity index (χ0n) is 9.43. The maximum Gasteiger partial charge on any atom is 0.292 e. The van der Waals surface area contributed by atoms with Gasteiger partial charge in [0.2, 0.25) is 0 Å². The molecule has 0 saturated heterocycles. The molecule has 2 aromatic rings. The summed E-state index contributed by atoms with van der Waals surface area (Å²) in [7, 11) is 0. The molecular weight excluding hydrogens is 218 g/mol. The van der Waals surface area contributed by atoms with Gasteiger partial charge in [0.1, 0.15) is 5.69 Å². The van der Waals surface area contributed by atoms with E-state index in [0.29, 0.717) is 12.2 Å². The summed E-state index contributed by atoms with van der Waals surface area (Å²) >= 11 is 0. The minimum Gasteiger partial charge on any atom is -0.375 e. The van der Waals surface area contributed by atoms with Crippen molar-refractivity contribution in [2.75, 3.05) is 5.32 Å². The molecule has 0 fully saturated rings. The number of anilines is 1. The molecule has 1 aromatic carbocycles. The predicted molar refractivity (Wildman–Crippen MR) is 66.0 cm³/mol. The minimum atomic E-state index is -0.369. The Morgan fingerprint density at radius 2 is 2.24 bits per heavy atom. The van der Waals surface area contributed by atoms with Gasteiger partial charge in [-0.1, -0.05) is 6.07 Å². The van der Waals surface area contributed by atoms with Crippen molar-refractivity contribution in [1.82, 2.24) is 4.98 Å². The molecule has 0 bridgehead atoms. The first-order chi connectivity index (χ1) is 8.16. The van der Waals surface area contributed by atoms with Crippen LogP contribution in [0.3, 0.4) is 0 Å². The van der Waals surface area contributed by atoms with Crippen LogP contribution >= 0.6 is 0 Å². The highest BCUT2D eigenvalue weighted by Crippen LogP contribution is 2.25. The number of nitro benzene ring substituents is 1. The highest BCUT2D eigenvalue weighted by molar-refractivity contribution is 5.62. The van der Waals surface area contributed by atoms with Crippen LogP contribution in [0.2, 0.25) is 0 Å². The van der Waals surface area contributed by atoms with E-state index in [1.54, 1.807) is 12.1 Å². The summed E-state index contributed by atoms with van der Waals surface area (Å²) in [5, 5.41) is 14.0. The molecule has 0 amide bonds. The Labute approximate surface area is 98.6 Å². The van der Waals surface area contributed by atoms with Crippen molar-refractivity contribution < 1.29 is 4.92 Å². The standard InChI is InChI=1S/C12H13N3O2/c1-9-2-3-11(12(6-9)15(16)17)14-8-10-4-5-13-7-10/h2-7,13-14H,8H2,1H3. The van der Waals surface area contributed by atoms with Gasteiger partial charge in [0.15, 0.2) is 0 Å². The van der Waals surface area contributed by atoms with Crippen LogP contribution in [0.4, 0.5) is 11.4 Å². The minimum absolute atomic E-state index is 0.112. The summed E-state index contributed by atoms with van der Waals surface area (Å²) in [5.74, 6) is 0. The quantitative estimate of drug-likeness (QED) is 0.627. The molecule has 5 nitrogen and oxygen atoms in total. The lowest BCUT2D eigenvalue weighted by molar-refractivity contribution is -0.384. The number of nitro groups is 1. The van der Waals surface area contributed by atoms with E-state index in [4.69, 9.17) is 0 Å². The summed E-state index contributed by atoms with van der Waals surface area (Å²) in [6, 6.07) is 7.08. The van der Waals surface area contributed by atoms with E-state index in [1.165, 1.54) is 0 Å². The van der Waals surface area contributed by atoms with Crippen LogP contribution in [0.1, 0.15) is 11.1 Å². The summed E-state index contributed by atoms with van der Waals surface area (Å²) in [5.41, 5.74) is 2.59. The Hall–Kier alpha value is -2.30. The topological polar surface area (TPSA) is 71.0 Å². The first kappa shape index (κ1) is 11.2. The smallest absolute Gasteiger partial charge is 0.292 e. The number of H-pyrrole nitrogens is 1. The Morgan fingerprint density at radius 3 is 2.88 bits per heavy atom. The highest BCUT2D eigenvalue weighted by atomic mass is 16.6. The molecule has 0 atom stereocenters. The Morgan fingerprint density at radius 1 is 1.41 bits per heavy atom. The largest absolute Gasteiger partial charge is 0.375 e. The van der Waals surface area contributed by atoms with Crippen LogP contribution in [0, 0.1) is 17.0 Å². The number of rotatable bonds is 4. The third-order valence-corrected chi connectivity index (χ3v) is 2.50. The van der Waals surface area contributed by atoms with Gasteiger partial charge in [-0.15, -0.1) is 0 Å². The number of nitrogens with one attached hydrogen (secondary N) is 2. The second-order valence-electron chi connectivity index (χ2n) is 3.85. The number of hydrogen-bond acceptors (Lipinski definition) is 3. The fourth-order valence-electron chi connectivity index (χ4n) is 1.61. The zero-order valence-corrected chi connectivity index (χ0v) is 9.43. The SMILES string of the molecule is Cc1ccc(NCc2cc[nH]c2)c([N+](=O)[O-])c1. The van der Waals surface area contributed by atoms with E-state index >= 15 is 0 Å². The van der Waals surface area contributed by atoms with Crippen molar-refractivity contribution in [3.63, 3.8) is 0 Å². The van der Waals surface area contributed by atoms with E-state index < -0.39 is 0 Å². The van der Waals surface area contributed by atoms with E-state index in [2.05, 4.69) is 10.3 Å². The van der Waals surface area contributed by atoms with Crippen molar-refractivity contribution >= 4 is 11.4 Å². The monoisotopic (exact) mass is 231 g/mol. The van der Waals surface area contributed by atoms with Gasteiger partial charge in [-0.05, 0) is 30.2 Å². The Balaban J connectivity index is 2.17. The fourth-order valence-corrected chi connectivity index (χ4v) is 1.61. The first-order valence-corrected chi connectivity index (χ1v) is 5.27. The van der Waals surface area contributed by atoms with Crippen LogP contribution < -0.4 is 5.32 Å². The van der Waals surface area contributed by atoms with Crippen LogP contribution in [-0.4, -0.2) is 9.91 Å². The Kier molecular flexibility index (Phi) is 3.09. The zero-order chi connectivity index (χ0) is 12.3. The van der Waals surface area contributed by atoms with Crippen LogP contribution in [-0.2, 0) is 6.54 Å². The van der Waals surface area contributed by atoms with Gasteiger partial charge in [0.25, 0.3) is 5.69 Å². The molecule has 0 aliphatic heterocycles. The molecular formula is C12H13N3O2. The van der Waals surface area contributed by atoms with Crippen molar-refractivity contribution in [1.29, 1.82) is 0 Å². The van der Waals surface area contributed by atoms with Gasteiger partial charge in [0, 0.05) is 25.0 Å². The van der Waals surface area contributed by atoms with Gasteiger partial charge in [-0.2, -0.15) is 0 Å². The molecule has 0 radical (unpaired) electrons. The van der Waals surface area contributed by atoms with E-state index in [-0.39, 0.29) is 10.6 Å². The first-order valence-electron chi connectivity index (χ1n) is 5.27. The lowest BCUT2D eigenvalue weighted by Gasteiger charge is -2.06. The summed E-state index contributed by atoms with van der Waals surface area (Å²) in [4.78, 5) is 13.5. The van der Waals surface area contributed by atoms with Crippen molar-refractivity contribution in [3.8, 4) is 0 Å². The number of aromatic nitrogens is 1. The normalized spacial score (nSPS) is 10.2. The molecule has 0 spiro atoms. The van der Waals surface area contributed by atoms with E-state index in [9.17, 15) is 10.1 Å². The number of benzene rings is 1. The van der Waals surface area contributed by atoms with E-state index in [0.717, 1.165) is 11.1 Å². The summed E-state index contributed by atoms with van der Waals surface area (Å²) in [6.07, 6.45) is 3.67. The summed E-state index contributed by atoms with van der Waals surface area (Å²) < 4.78 is 0. The predicted octanol–water partition coefficient (Wildman–Crippen LogP) is 2.84. The molecule has 0 unspecified atom stereocenters. The fraction of sp³-hybridized carbons (Fsp3) is 0.167. The molecule has 88 valence electrons. The van der Waals surface area contributed by atoms with Crippen LogP contribution in [0.5, 0.6) is 0 Å². The van der Waals surface area contributed by atoms with Crippen molar-refractivity contribution in [3.05, 3.63) is 57.9 Å². The second kappa shape index (κ2) is 4.69. The lowest BCUT2D eigenvalue weighted by Crippen LogP contribution is -2.02. The number of aromatic amines is 1. The molecule has 2 rings (SSSR count). The van der Waals surface area contributed by atoms with Gasteiger partial charge >= 0.3 is 0 Å². The van der Waals surface area contributed by atoms with Crippen molar-refractivity contribution in [2.24, 2.45) is 0 Å². The maximum absolute atomic E-state index is 10.9. The van der Waals surface area contributed by atoms with Crippen LogP contribution in [0.25, 0.3) is 0 Å². The van der Waals surface area contributed by atoms with E-state index in [1.807, 2.05) is 31.5 Å². The molecule has 0 aliphatic rings. The van der Waals surface area contributed by atoms with Gasteiger partial charge in [-0.3, -0.25) is 10.1 Å². The average molecular weight is 231 g/mol. The summed E-state index contributed by atoms with van der Waals surface area (Å²) in [6.45, 7) is 2.40. The molecule has 5 heteroatoms. The molecule has 1 aromatic heterocycles. The van der Waals surface area contributed by atoms with Gasteiger partial charge in [0.05, 0.1) is 4.92 Å². The van der Waals surface area contributed by atoms with Gasteiger partial charge in [-0.25, -0.2) is 0 Å². The maximum atomic E-state index is 10.9. The molecule has 0 aliphatic carbocycles. The Bertz CT molecular complexity index is 521.